The Kier molecular flexibility index (Phi) is 6.28. The molecule has 0 saturated carbocycles. The Labute approximate surface area is 184 Å². The minimum absolute atomic E-state index is 0.00242. The van der Waals surface area contributed by atoms with Crippen molar-refractivity contribution < 1.29 is 27.2 Å². The van der Waals surface area contributed by atoms with Gasteiger partial charge in [-0.3, -0.25) is 4.90 Å². The predicted octanol–water partition coefficient (Wildman–Crippen LogP) is 5.20. The fourth-order valence-corrected chi connectivity index (χ4v) is 4.39. The smallest absolute Gasteiger partial charge is 0.417 e. The average Bonchev–Trinajstić information content (AvgIpc) is 3.21. The van der Waals surface area contributed by atoms with Crippen LogP contribution in [0.2, 0.25) is 0 Å². The molecule has 0 amide bonds. The normalized spacial score (nSPS) is 15.9. The van der Waals surface area contributed by atoms with E-state index in [1.54, 1.807) is 21.1 Å². The molecule has 3 heterocycles. The van der Waals surface area contributed by atoms with Gasteiger partial charge in [-0.15, -0.1) is 0 Å². The molecular weight excluding hydrogens is 423 g/mol. The molecule has 0 radical (unpaired) electrons. The maximum absolute atomic E-state index is 13.8. The van der Waals surface area contributed by atoms with E-state index in [9.17, 15) is 13.2 Å². The van der Waals surface area contributed by atoms with E-state index in [4.69, 9.17) is 14.0 Å². The number of pyridine rings is 1. The molecule has 32 heavy (non-hydrogen) atoms. The maximum atomic E-state index is 13.8. The van der Waals surface area contributed by atoms with Gasteiger partial charge in [0.15, 0.2) is 11.5 Å². The van der Waals surface area contributed by atoms with Gasteiger partial charge in [0.05, 0.1) is 30.9 Å². The number of methoxy groups -OCH3 is 2. The number of aromatic nitrogens is 2. The van der Waals surface area contributed by atoms with Crippen LogP contribution in [0.5, 0.6) is 11.5 Å². The topological polar surface area (TPSA) is 60.6 Å². The van der Waals surface area contributed by atoms with Crippen molar-refractivity contribution >= 4 is 11.1 Å². The van der Waals surface area contributed by atoms with E-state index in [-0.39, 0.29) is 17.0 Å². The molecule has 4 rings (SSSR count). The van der Waals surface area contributed by atoms with Gasteiger partial charge in [0.25, 0.3) is 5.71 Å². The molecule has 0 N–H and O–H groups in total. The number of likely N-dealkylation sites (tertiary alicyclic amines) is 1. The Bertz CT molecular complexity index is 1090. The van der Waals surface area contributed by atoms with Crippen molar-refractivity contribution in [3.8, 4) is 11.5 Å². The molecule has 0 aliphatic carbocycles. The van der Waals surface area contributed by atoms with E-state index in [0.29, 0.717) is 48.7 Å². The van der Waals surface area contributed by atoms with E-state index in [1.807, 2.05) is 18.2 Å². The SMILES string of the molecule is CCc1cc(C(F)(F)F)c2c(C3CCN(Cc4cccc(OC)c4OC)CC3)noc2n1. The molecular formula is C23H26F3N3O3. The summed E-state index contributed by atoms with van der Waals surface area (Å²) in [4.78, 5) is 6.48. The molecule has 2 aromatic heterocycles. The average molecular weight is 449 g/mol. The summed E-state index contributed by atoms with van der Waals surface area (Å²) < 4.78 is 57.4. The number of piperidine rings is 1. The third-order valence-electron chi connectivity index (χ3n) is 6.05. The summed E-state index contributed by atoms with van der Waals surface area (Å²) in [6.07, 6.45) is -2.74. The van der Waals surface area contributed by atoms with Crippen molar-refractivity contribution in [2.24, 2.45) is 0 Å². The molecule has 1 aliphatic rings. The van der Waals surface area contributed by atoms with Crippen LogP contribution in [0.1, 0.15) is 48.2 Å². The lowest BCUT2D eigenvalue weighted by Gasteiger charge is -2.31. The van der Waals surface area contributed by atoms with Crippen LogP contribution < -0.4 is 9.47 Å². The number of nitrogens with zero attached hydrogens (tertiary/aromatic N) is 3. The Morgan fingerprint density at radius 3 is 2.53 bits per heavy atom. The Morgan fingerprint density at radius 2 is 1.91 bits per heavy atom. The largest absolute Gasteiger partial charge is 0.493 e. The number of halogens is 3. The third-order valence-corrected chi connectivity index (χ3v) is 6.05. The van der Waals surface area contributed by atoms with Gasteiger partial charge >= 0.3 is 6.18 Å². The molecule has 0 atom stereocenters. The molecule has 9 heteroatoms. The van der Waals surface area contributed by atoms with Crippen molar-refractivity contribution in [3.05, 3.63) is 46.8 Å². The zero-order valence-electron chi connectivity index (χ0n) is 18.3. The monoisotopic (exact) mass is 449 g/mol. The standard InChI is InChI=1S/C23H26F3N3O3/c1-4-16-12-17(23(24,25)26)19-20(28-32-22(19)27-16)14-8-10-29(11-9-14)13-15-6-5-7-18(30-2)21(15)31-3/h5-7,12,14H,4,8-11,13H2,1-3H3. The highest BCUT2D eigenvalue weighted by molar-refractivity contribution is 5.81. The second kappa shape index (κ2) is 8.97. The number of para-hydroxylation sites is 1. The van der Waals surface area contributed by atoms with Gasteiger partial charge in [-0.25, -0.2) is 4.98 Å². The molecule has 1 aromatic carbocycles. The summed E-state index contributed by atoms with van der Waals surface area (Å²) in [6.45, 7) is 3.88. The fourth-order valence-electron chi connectivity index (χ4n) is 4.39. The fraction of sp³-hybridized carbons (Fsp3) is 0.478. The number of hydrogen-bond acceptors (Lipinski definition) is 6. The molecule has 0 unspecified atom stereocenters. The maximum Gasteiger partial charge on any atom is 0.417 e. The zero-order chi connectivity index (χ0) is 22.9. The van der Waals surface area contributed by atoms with Crippen molar-refractivity contribution in [2.75, 3.05) is 27.3 Å². The highest BCUT2D eigenvalue weighted by Crippen LogP contribution is 2.41. The highest BCUT2D eigenvalue weighted by Gasteiger charge is 2.37. The summed E-state index contributed by atoms with van der Waals surface area (Å²) in [5, 5.41) is 4.04. The van der Waals surface area contributed by atoms with Crippen molar-refractivity contribution in [1.29, 1.82) is 0 Å². The van der Waals surface area contributed by atoms with Gasteiger partial charge in [-0.1, -0.05) is 24.2 Å². The quantitative estimate of drug-likeness (QED) is 0.516. The van der Waals surface area contributed by atoms with Crippen LogP contribution in [0.25, 0.3) is 11.1 Å². The van der Waals surface area contributed by atoms with Crippen LogP contribution >= 0.6 is 0 Å². The number of fused-ring (bicyclic) bond motifs is 1. The first-order valence-electron chi connectivity index (χ1n) is 10.6. The van der Waals surface area contributed by atoms with E-state index in [1.165, 1.54) is 0 Å². The molecule has 6 nitrogen and oxygen atoms in total. The number of hydrogen-bond donors (Lipinski definition) is 0. The molecule has 0 bridgehead atoms. The van der Waals surface area contributed by atoms with E-state index in [0.717, 1.165) is 24.7 Å². The Morgan fingerprint density at radius 1 is 1.16 bits per heavy atom. The second-order valence-electron chi connectivity index (χ2n) is 7.96. The van der Waals surface area contributed by atoms with E-state index < -0.39 is 11.7 Å². The number of benzene rings is 1. The lowest BCUT2D eigenvalue weighted by Crippen LogP contribution is -2.32. The Hall–Kier alpha value is -2.81. The van der Waals surface area contributed by atoms with Gasteiger partial charge in [-0.05, 0) is 44.5 Å². The highest BCUT2D eigenvalue weighted by atomic mass is 19.4. The minimum Gasteiger partial charge on any atom is -0.493 e. The zero-order valence-corrected chi connectivity index (χ0v) is 18.3. The molecule has 3 aromatic rings. The van der Waals surface area contributed by atoms with Crippen LogP contribution in [-0.2, 0) is 19.1 Å². The van der Waals surface area contributed by atoms with Gasteiger partial charge in [0.1, 0.15) is 0 Å². The molecule has 1 aliphatic heterocycles. The lowest BCUT2D eigenvalue weighted by atomic mass is 9.90. The predicted molar refractivity (Wildman–Crippen MR) is 113 cm³/mol. The molecule has 1 saturated heterocycles. The summed E-state index contributed by atoms with van der Waals surface area (Å²) in [5.41, 5.74) is 0.970. The van der Waals surface area contributed by atoms with Crippen LogP contribution in [0.4, 0.5) is 13.2 Å². The number of alkyl halides is 3. The molecule has 1 fully saturated rings. The van der Waals surface area contributed by atoms with E-state index in [2.05, 4.69) is 15.0 Å². The summed E-state index contributed by atoms with van der Waals surface area (Å²) in [6, 6.07) is 6.88. The summed E-state index contributed by atoms with van der Waals surface area (Å²) in [5.74, 6) is 1.26. The Balaban J connectivity index is 1.54. The summed E-state index contributed by atoms with van der Waals surface area (Å²) in [7, 11) is 3.21. The third kappa shape index (κ3) is 4.26. The number of ether oxygens (including phenoxy) is 2. The van der Waals surface area contributed by atoms with Gasteiger partial charge in [0.2, 0.25) is 0 Å². The van der Waals surface area contributed by atoms with Crippen molar-refractivity contribution in [1.82, 2.24) is 15.0 Å². The second-order valence-corrected chi connectivity index (χ2v) is 7.96. The van der Waals surface area contributed by atoms with Crippen LogP contribution in [0.3, 0.4) is 0 Å². The van der Waals surface area contributed by atoms with Crippen LogP contribution in [0.15, 0.2) is 28.8 Å². The van der Waals surface area contributed by atoms with Crippen LogP contribution in [-0.4, -0.2) is 42.3 Å². The minimum atomic E-state index is -4.49. The van der Waals surface area contributed by atoms with E-state index >= 15 is 0 Å². The lowest BCUT2D eigenvalue weighted by molar-refractivity contribution is -0.136. The number of aryl methyl sites for hydroxylation is 1. The first kappa shape index (κ1) is 22.4. The van der Waals surface area contributed by atoms with Crippen molar-refractivity contribution in [2.45, 2.75) is 44.8 Å². The number of rotatable bonds is 6. The first-order valence-corrected chi connectivity index (χ1v) is 10.6. The first-order chi connectivity index (χ1) is 15.4. The van der Waals surface area contributed by atoms with Gasteiger partial charge < -0.3 is 14.0 Å². The van der Waals surface area contributed by atoms with Gasteiger partial charge in [0, 0.05) is 23.7 Å². The molecule has 172 valence electrons. The van der Waals surface area contributed by atoms with Gasteiger partial charge in [-0.2, -0.15) is 13.2 Å². The molecule has 0 spiro atoms. The summed E-state index contributed by atoms with van der Waals surface area (Å²) >= 11 is 0. The van der Waals surface area contributed by atoms with Crippen molar-refractivity contribution in [3.63, 3.8) is 0 Å². The van der Waals surface area contributed by atoms with Crippen LogP contribution in [0, 0.1) is 0 Å².